The van der Waals surface area contributed by atoms with E-state index in [0.717, 1.165) is 51.4 Å². The number of epoxide rings is 1. The lowest BCUT2D eigenvalue weighted by Gasteiger charge is -2.28. The molecule has 0 bridgehead atoms. The van der Waals surface area contributed by atoms with Gasteiger partial charge in [0.2, 0.25) is 0 Å². The molecule has 11 heteroatoms. The van der Waals surface area contributed by atoms with Gasteiger partial charge < -0.3 is 32.6 Å². The second-order valence-corrected chi connectivity index (χ2v) is 19.6. The van der Waals surface area contributed by atoms with Crippen molar-refractivity contribution >= 4 is 19.8 Å². The number of carbonyl (C=O) groups is 2. The second kappa shape index (κ2) is 37.3. The summed E-state index contributed by atoms with van der Waals surface area (Å²) in [7, 11) is 1.16. The molecule has 0 aromatic heterocycles. The maximum absolute atomic E-state index is 12.7. The molecule has 348 valence electrons. The number of carbonyl (C=O) groups excluding carboxylic acids is 2. The Morgan fingerprint density at radius 2 is 1.08 bits per heavy atom. The molecule has 0 radical (unpaired) electrons. The molecular weight excluding hydrogens is 766 g/mol. The predicted molar refractivity (Wildman–Crippen MR) is 240 cm³/mol. The van der Waals surface area contributed by atoms with Crippen molar-refractivity contribution in [3.8, 4) is 0 Å². The minimum Gasteiger partial charge on any atom is -0.756 e. The lowest BCUT2D eigenvalue weighted by molar-refractivity contribution is -0.870. The Morgan fingerprint density at radius 3 is 1.61 bits per heavy atom. The number of unbranched alkanes of at least 4 members (excludes halogenated alkanes) is 25. The van der Waals surface area contributed by atoms with Crippen LogP contribution in [0.2, 0.25) is 0 Å². The Morgan fingerprint density at radius 1 is 0.610 bits per heavy atom. The second-order valence-electron chi connectivity index (χ2n) is 18.2. The molecule has 59 heavy (non-hydrogen) atoms. The zero-order chi connectivity index (χ0) is 43.3. The van der Waals surface area contributed by atoms with Gasteiger partial charge in [0.15, 0.2) is 6.10 Å². The fourth-order valence-corrected chi connectivity index (χ4v) is 7.98. The number of quaternary nitrogens is 1. The molecule has 0 aromatic carbocycles. The van der Waals surface area contributed by atoms with Gasteiger partial charge in [-0.05, 0) is 38.5 Å². The van der Waals surface area contributed by atoms with Crippen molar-refractivity contribution < 1.29 is 46.8 Å². The third-order valence-corrected chi connectivity index (χ3v) is 12.2. The van der Waals surface area contributed by atoms with E-state index in [1.807, 2.05) is 21.1 Å². The highest BCUT2D eigenvalue weighted by molar-refractivity contribution is 7.45. The lowest BCUT2D eigenvalue weighted by Crippen LogP contribution is -2.37. The summed E-state index contributed by atoms with van der Waals surface area (Å²) >= 11 is 0. The van der Waals surface area contributed by atoms with Crippen LogP contribution < -0.4 is 4.89 Å². The minimum atomic E-state index is -4.63. The molecule has 1 saturated heterocycles. The van der Waals surface area contributed by atoms with Crippen LogP contribution in [-0.4, -0.2) is 82.2 Å². The first kappa shape index (κ1) is 55.7. The summed E-state index contributed by atoms with van der Waals surface area (Å²) in [6, 6.07) is 0. The summed E-state index contributed by atoms with van der Waals surface area (Å²) in [4.78, 5) is 37.7. The van der Waals surface area contributed by atoms with Crippen LogP contribution in [0.15, 0.2) is 12.2 Å². The Hall–Kier alpha value is -1.29. The molecule has 0 saturated carbocycles. The normalized spacial score (nSPS) is 17.0. The van der Waals surface area contributed by atoms with Gasteiger partial charge in [-0.2, -0.15) is 0 Å². The van der Waals surface area contributed by atoms with E-state index in [-0.39, 0.29) is 26.1 Å². The summed E-state index contributed by atoms with van der Waals surface area (Å²) in [6.07, 6.45) is 41.2. The topological polar surface area (TPSA) is 124 Å². The summed E-state index contributed by atoms with van der Waals surface area (Å²) < 4.78 is 39.8. The van der Waals surface area contributed by atoms with Crippen molar-refractivity contribution in [2.75, 3.05) is 47.5 Å². The molecule has 0 aliphatic carbocycles. The maximum Gasteiger partial charge on any atom is 0.306 e. The van der Waals surface area contributed by atoms with Crippen LogP contribution in [-0.2, 0) is 37.4 Å². The van der Waals surface area contributed by atoms with E-state index in [0.29, 0.717) is 36.1 Å². The molecule has 10 nitrogen and oxygen atoms in total. The highest BCUT2D eigenvalue weighted by Gasteiger charge is 2.36. The van der Waals surface area contributed by atoms with E-state index in [4.69, 9.17) is 23.3 Å². The van der Waals surface area contributed by atoms with E-state index in [1.165, 1.54) is 128 Å². The van der Waals surface area contributed by atoms with Crippen molar-refractivity contribution in [3.05, 3.63) is 12.2 Å². The Balaban J connectivity index is 2.22. The zero-order valence-corrected chi connectivity index (χ0v) is 39.8. The number of hydrogen-bond donors (Lipinski definition) is 0. The molecule has 1 fully saturated rings. The van der Waals surface area contributed by atoms with Crippen LogP contribution in [0.3, 0.4) is 0 Å². The zero-order valence-electron chi connectivity index (χ0n) is 38.9. The molecule has 0 N–H and O–H groups in total. The monoisotopic (exact) mass is 858 g/mol. The first-order valence-corrected chi connectivity index (χ1v) is 26.0. The SMILES string of the molecule is CCCCCCCCCCCCCCCCCCCCCC(=O)O[C@H](COC(=O)CCCCCCC/C=C\CC1OC1CCCCC)COP(=O)([O-])OCC[N+](C)(C)C. The lowest BCUT2D eigenvalue weighted by atomic mass is 10.0. The van der Waals surface area contributed by atoms with Crippen molar-refractivity contribution in [1.82, 2.24) is 0 Å². The Kier molecular flexibility index (Phi) is 35.2. The van der Waals surface area contributed by atoms with E-state index in [2.05, 4.69) is 26.0 Å². The van der Waals surface area contributed by atoms with Crippen LogP contribution in [0.25, 0.3) is 0 Å². The maximum atomic E-state index is 12.7. The summed E-state index contributed by atoms with van der Waals surface area (Å²) in [5.41, 5.74) is 0. The van der Waals surface area contributed by atoms with Crippen molar-refractivity contribution in [3.63, 3.8) is 0 Å². The predicted octanol–water partition coefficient (Wildman–Crippen LogP) is 12.5. The molecule has 0 amide bonds. The summed E-state index contributed by atoms with van der Waals surface area (Å²) in [6.45, 7) is 4.21. The number of esters is 2. The number of likely N-dealkylation sites (N-methyl/N-ethyl adjacent to an activating group) is 1. The van der Waals surface area contributed by atoms with Gasteiger partial charge in [-0.1, -0.05) is 180 Å². The Labute approximate surface area is 362 Å². The minimum absolute atomic E-state index is 0.0324. The van der Waals surface area contributed by atoms with Crippen LogP contribution in [0, 0.1) is 0 Å². The highest BCUT2D eigenvalue weighted by Crippen LogP contribution is 2.38. The Bertz CT molecular complexity index is 1080. The molecule has 1 rings (SSSR count). The van der Waals surface area contributed by atoms with Gasteiger partial charge in [0.1, 0.15) is 19.8 Å². The number of ether oxygens (including phenoxy) is 3. The molecule has 0 spiro atoms. The number of rotatable bonds is 44. The van der Waals surface area contributed by atoms with Crippen molar-refractivity contribution in [2.24, 2.45) is 0 Å². The fourth-order valence-electron chi connectivity index (χ4n) is 7.25. The highest BCUT2D eigenvalue weighted by atomic mass is 31.2. The van der Waals surface area contributed by atoms with E-state index in [1.54, 1.807) is 0 Å². The molecule has 3 unspecified atom stereocenters. The fraction of sp³-hybridized carbons (Fsp3) is 0.917. The third-order valence-electron chi connectivity index (χ3n) is 11.2. The van der Waals surface area contributed by atoms with Crippen LogP contribution in [0.1, 0.15) is 219 Å². The smallest absolute Gasteiger partial charge is 0.306 e. The van der Waals surface area contributed by atoms with Crippen LogP contribution in [0.5, 0.6) is 0 Å². The first-order chi connectivity index (χ1) is 28.5. The number of hydrogen-bond acceptors (Lipinski definition) is 9. The van der Waals surface area contributed by atoms with Gasteiger partial charge in [-0.15, -0.1) is 0 Å². The average molecular weight is 858 g/mol. The van der Waals surface area contributed by atoms with Gasteiger partial charge >= 0.3 is 11.9 Å². The molecule has 4 atom stereocenters. The standard InChI is InChI=1S/C48H92NO9P/c1-6-8-10-11-12-13-14-15-16-17-18-19-20-21-22-23-28-31-35-39-48(51)57-44(43-56-59(52,53)55-41-40-49(3,4)5)42-54-47(50)38-34-30-27-25-24-26-29-33-37-46-45(58-46)36-32-9-7-2/h29,33,44-46H,6-28,30-32,34-43H2,1-5H3/b33-29-/t44-,45?,46?/m1/s1. The van der Waals surface area contributed by atoms with Crippen LogP contribution in [0.4, 0.5) is 0 Å². The van der Waals surface area contributed by atoms with Gasteiger partial charge in [-0.25, -0.2) is 0 Å². The van der Waals surface area contributed by atoms with E-state index in [9.17, 15) is 19.0 Å². The molecule has 1 heterocycles. The van der Waals surface area contributed by atoms with Gasteiger partial charge in [-0.3, -0.25) is 14.2 Å². The molecule has 0 aromatic rings. The number of allylic oxidation sites excluding steroid dienone is 1. The molecule has 1 aliphatic rings. The van der Waals surface area contributed by atoms with Crippen molar-refractivity contribution in [2.45, 2.75) is 238 Å². The summed E-state index contributed by atoms with van der Waals surface area (Å²) in [5, 5.41) is 0. The van der Waals surface area contributed by atoms with Crippen molar-refractivity contribution in [1.29, 1.82) is 0 Å². The average Bonchev–Trinajstić information content (AvgIpc) is 3.94. The quantitative estimate of drug-likeness (QED) is 0.0147. The van der Waals surface area contributed by atoms with Gasteiger partial charge in [0.25, 0.3) is 7.82 Å². The first-order valence-electron chi connectivity index (χ1n) is 24.5. The van der Waals surface area contributed by atoms with E-state index >= 15 is 0 Å². The van der Waals surface area contributed by atoms with E-state index < -0.39 is 32.5 Å². The summed E-state index contributed by atoms with van der Waals surface area (Å²) in [5.74, 6) is -0.844. The van der Waals surface area contributed by atoms with Crippen LogP contribution >= 0.6 is 7.82 Å². The number of phosphoric ester groups is 1. The molecular formula is C48H92NO9P. The third kappa shape index (κ3) is 38.1. The number of nitrogens with zero attached hydrogens (tertiary/aromatic N) is 1. The molecule has 1 aliphatic heterocycles. The van der Waals surface area contributed by atoms with Gasteiger partial charge in [0, 0.05) is 12.8 Å². The largest absolute Gasteiger partial charge is 0.756 e. The number of phosphoric acid groups is 1. The van der Waals surface area contributed by atoms with Gasteiger partial charge in [0.05, 0.1) is 40.0 Å².